The lowest BCUT2D eigenvalue weighted by molar-refractivity contribution is 0.0993. The topological polar surface area (TPSA) is 20.3 Å². The molecule has 2 nitrogen and oxygen atoms in total. The van der Waals surface area contributed by atoms with Crippen LogP contribution in [-0.4, -0.2) is 12.5 Å². The lowest BCUT2D eigenvalue weighted by Gasteiger charge is -2.16. The molecule has 1 aliphatic rings. The highest BCUT2D eigenvalue weighted by Gasteiger charge is 2.25. The molecule has 3 rings (SSSR count). The summed E-state index contributed by atoms with van der Waals surface area (Å²) in [6.07, 6.45) is 0.966. The van der Waals surface area contributed by atoms with Crippen LogP contribution in [0.15, 0.2) is 35.7 Å². The number of carbonyl (C=O) groups excluding carboxylic acids is 1. The molecule has 17 heavy (non-hydrogen) atoms. The van der Waals surface area contributed by atoms with E-state index < -0.39 is 0 Å². The van der Waals surface area contributed by atoms with Gasteiger partial charge in [0.15, 0.2) is 0 Å². The van der Waals surface area contributed by atoms with E-state index >= 15 is 0 Å². The van der Waals surface area contributed by atoms with Gasteiger partial charge in [-0.1, -0.05) is 23.8 Å². The van der Waals surface area contributed by atoms with Gasteiger partial charge in [0.2, 0.25) is 0 Å². The van der Waals surface area contributed by atoms with Crippen LogP contribution < -0.4 is 4.90 Å². The van der Waals surface area contributed by atoms with E-state index in [4.69, 9.17) is 0 Å². The molecule has 0 saturated heterocycles. The van der Waals surface area contributed by atoms with Gasteiger partial charge in [-0.15, -0.1) is 11.3 Å². The first-order chi connectivity index (χ1) is 8.25. The van der Waals surface area contributed by atoms with Crippen molar-refractivity contribution in [3.63, 3.8) is 0 Å². The van der Waals surface area contributed by atoms with Crippen LogP contribution in [0.4, 0.5) is 5.69 Å². The first-order valence-corrected chi connectivity index (χ1v) is 6.58. The Labute approximate surface area is 105 Å². The predicted molar refractivity (Wildman–Crippen MR) is 70.9 cm³/mol. The second kappa shape index (κ2) is 4.00. The summed E-state index contributed by atoms with van der Waals surface area (Å²) in [4.78, 5) is 15.0. The second-order valence-electron chi connectivity index (χ2n) is 4.32. The molecular weight excluding hydrogens is 230 g/mol. The highest BCUT2D eigenvalue weighted by Crippen LogP contribution is 2.30. The van der Waals surface area contributed by atoms with Crippen molar-refractivity contribution in [1.82, 2.24) is 0 Å². The Kier molecular flexibility index (Phi) is 2.48. The molecule has 1 aromatic heterocycles. The van der Waals surface area contributed by atoms with Gasteiger partial charge in [0.25, 0.3) is 5.91 Å². The number of nitrogens with zero attached hydrogens (tertiary/aromatic N) is 1. The second-order valence-corrected chi connectivity index (χ2v) is 5.26. The number of benzene rings is 1. The summed E-state index contributed by atoms with van der Waals surface area (Å²) in [6.45, 7) is 2.89. The van der Waals surface area contributed by atoms with E-state index in [1.807, 2.05) is 22.4 Å². The smallest absolute Gasteiger partial charge is 0.268 e. The number of aryl methyl sites for hydroxylation is 1. The van der Waals surface area contributed by atoms with E-state index in [0.29, 0.717) is 0 Å². The number of hydrogen-bond donors (Lipinski definition) is 0. The van der Waals surface area contributed by atoms with Crippen LogP contribution in [0.1, 0.15) is 20.8 Å². The Bertz CT molecular complexity index is 560. The number of rotatable bonds is 1. The third-order valence-electron chi connectivity index (χ3n) is 3.11. The zero-order chi connectivity index (χ0) is 11.8. The van der Waals surface area contributed by atoms with Gasteiger partial charge < -0.3 is 4.90 Å². The van der Waals surface area contributed by atoms with Gasteiger partial charge in [-0.05, 0) is 36.4 Å². The van der Waals surface area contributed by atoms with Crippen LogP contribution in [0.2, 0.25) is 0 Å². The van der Waals surface area contributed by atoms with Crippen molar-refractivity contribution in [2.75, 3.05) is 11.4 Å². The third kappa shape index (κ3) is 1.76. The van der Waals surface area contributed by atoms with Crippen LogP contribution >= 0.6 is 11.3 Å². The molecule has 1 aromatic carbocycles. The minimum absolute atomic E-state index is 0.127. The standard InChI is InChI=1S/C14H13NOS/c1-10-4-5-12-11(9-10)6-7-15(12)14(16)13-3-2-8-17-13/h2-5,8-9H,6-7H2,1H3. The van der Waals surface area contributed by atoms with Crippen molar-refractivity contribution < 1.29 is 4.79 Å². The number of anilines is 1. The monoisotopic (exact) mass is 243 g/mol. The molecule has 0 bridgehead atoms. The van der Waals surface area contributed by atoms with E-state index in [1.165, 1.54) is 22.5 Å². The molecule has 86 valence electrons. The largest absolute Gasteiger partial charge is 0.307 e. The molecule has 1 amide bonds. The Morgan fingerprint density at radius 3 is 3.00 bits per heavy atom. The van der Waals surface area contributed by atoms with Crippen LogP contribution in [0, 0.1) is 6.92 Å². The van der Waals surface area contributed by atoms with Crippen molar-refractivity contribution in [2.24, 2.45) is 0 Å². The Morgan fingerprint density at radius 1 is 1.35 bits per heavy atom. The fourth-order valence-corrected chi connectivity index (χ4v) is 2.95. The van der Waals surface area contributed by atoms with Gasteiger partial charge in [-0.3, -0.25) is 4.79 Å². The normalized spacial score (nSPS) is 13.8. The van der Waals surface area contributed by atoms with Gasteiger partial charge in [0.05, 0.1) is 4.88 Å². The highest BCUT2D eigenvalue weighted by molar-refractivity contribution is 7.12. The van der Waals surface area contributed by atoms with Gasteiger partial charge in [0.1, 0.15) is 0 Å². The summed E-state index contributed by atoms with van der Waals surface area (Å²) >= 11 is 1.50. The maximum Gasteiger partial charge on any atom is 0.268 e. The van der Waals surface area contributed by atoms with Crippen LogP contribution in [-0.2, 0) is 6.42 Å². The molecular formula is C14H13NOS. The average molecular weight is 243 g/mol. The molecule has 0 N–H and O–H groups in total. The third-order valence-corrected chi connectivity index (χ3v) is 3.97. The lowest BCUT2D eigenvalue weighted by Crippen LogP contribution is -2.28. The summed E-state index contributed by atoms with van der Waals surface area (Å²) in [5.74, 6) is 0.127. The fourth-order valence-electron chi connectivity index (χ4n) is 2.27. The summed E-state index contributed by atoms with van der Waals surface area (Å²) in [6, 6.07) is 10.1. The fraction of sp³-hybridized carbons (Fsp3) is 0.214. The molecule has 0 atom stereocenters. The molecule has 0 fully saturated rings. The van der Waals surface area contributed by atoms with Crippen molar-refractivity contribution in [1.29, 1.82) is 0 Å². The molecule has 0 unspecified atom stereocenters. The Hall–Kier alpha value is -1.61. The summed E-state index contributed by atoms with van der Waals surface area (Å²) < 4.78 is 0. The van der Waals surface area contributed by atoms with Crippen LogP contribution in [0.25, 0.3) is 0 Å². The van der Waals surface area contributed by atoms with E-state index in [2.05, 4.69) is 25.1 Å². The minimum Gasteiger partial charge on any atom is -0.307 e. The molecule has 0 spiro atoms. The van der Waals surface area contributed by atoms with Crippen LogP contribution in [0.3, 0.4) is 0 Å². The number of thiophene rings is 1. The Balaban J connectivity index is 1.96. The van der Waals surface area contributed by atoms with Gasteiger partial charge in [-0.25, -0.2) is 0 Å². The van der Waals surface area contributed by atoms with Crippen molar-refractivity contribution in [2.45, 2.75) is 13.3 Å². The lowest BCUT2D eigenvalue weighted by atomic mass is 10.1. The van der Waals surface area contributed by atoms with Crippen LogP contribution in [0.5, 0.6) is 0 Å². The predicted octanol–water partition coefficient (Wildman–Crippen LogP) is 3.26. The van der Waals surface area contributed by atoms with Gasteiger partial charge in [-0.2, -0.15) is 0 Å². The minimum atomic E-state index is 0.127. The Morgan fingerprint density at radius 2 is 2.24 bits per heavy atom. The SMILES string of the molecule is Cc1ccc2c(c1)CCN2C(=O)c1cccs1. The molecule has 0 aliphatic carbocycles. The van der Waals surface area contributed by atoms with E-state index in [9.17, 15) is 4.79 Å². The maximum atomic E-state index is 12.3. The molecule has 1 aliphatic heterocycles. The van der Waals surface area contributed by atoms with Gasteiger partial charge in [0, 0.05) is 12.2 Å². The summed E-state index contributed by atoms with van der Waals surface area (Å²) in [7, 11) is 0. The van der Waals surface area contributed by atoms with Crippen molar-refractivity contribution in [3.05, 3.63) is 51.7 Å². The summed E-state index contributed by atoms with van der Waals surface area (Å²) in [5, 5.41) is 1.94. The summed E-state index contributed by atoms with van der Waals surface area (Å²) in [5.41, 5.74) is 3.62. The highest BCUT2D eigenvalue weighted by atomic mass is 32.1. The molecule has 2 aromatic rings. The molecule has 0 saturated carbocycles. The van der Waals surface area contributed by atoms with E-state index in [0.717, 1.165) is 23.5 Å². The zero-order valence-electron chi connectivity index (χ0n) is 9.64. The van der Waals surface area contributed by atoms with E-state index in [-0.39, 0.29) is 5.91 Å². The van der Waals surface area contributed by atoms with E-state index in [1.54, 1.807) is 0 Å². The molecule has 0 radical (unpaired) electrons. The maximum absolute atomic E-state index is 12.3. The van der Waals surface area contributed by atoms with Crippen molar-refractivity contribution >= 4 is 22.9 Å². The quantitative estimate of drug-likeness (QED) is 0.753. The number of hydrogen-bond acceptors (Lipinski definition) is 2. The zero-order valence-corrected chi connectivity index (χ0v) is 10.5. The van der Waals surface area contributed by atoms with Crippen molar-refractivity contribution in [3.8, 4) is 0 Å². The number of carbonyl (C=O) groups is 1. The first-order valence-electron chi connectivity index (χ1n) is 5.70. The van der Waals surface area contributed by atoms with Gasteiger partial charge >= 0.3 is 0 Å². The number of amides is 1. The molecule has 3 heteroatoms. The first kappa shape index (κ1) is 10.5. The molecule has 2 heterocycles. The average Bonchev–Trinajstić information content (AvgIpc) is 2.96. The number of fused-ring (bicyclic) bond motifs is 1.